The van der Waals surface area contributed by atoms with Gasteiger partial charge in [0.25, 0.3) is 0 Å². The first kappa shape index (κ1) is 16.9. The highest BCUT2D eigenvalue weighted by molar-refractivity contribution is 7.89. The third-order valence-corrected chi connectivity index (χ3v) is 4.57. The molecular weight excluding hydrogens is 238 g/mol. The Hall–Kier alpha value is -0.130. The maximum absolute atomic E-state index is 11.9. The van der Waals surface area contributed by atoms with Crippen LogP contribution in [0.15, 0.2) is 0 Å². The molecule has 0 aromatic heterocycles. The van der Waals surface area contributed by atoms with Gasteiger partial charge < -0.3 is 5.11 Å². The van der Waals surface area contributed by atoms with Crippen molar-refractivity contribution in [1.29, 1.82) is 0 Å². The molecule has 0 aromatic rings. The molecule has 0 saturated heterocycles. The first-order valence-corrected chi connectivity index (χ1v) is 7.85. The molecule has 0 unspecified atom stereocenters. The van der Waals surface area contributed by atoms with Crippen molar-refractivity contribution in [2.75, 3.05) is 26.0 Å². The van der Waals surface area contributed by atoms with Gasteiger partial charge in [0.05, 0.1) is 5.75 Å². The molecule has 0 bridgehead atoms. The number of nitrogens with zero attached hydrogens (tertiary/aromatic N) is 1. The van der Waals surface area contributed by atoms with Crippen LogP contribution >= 0.6 is 0 Å². The first-order valence-electron chi connectivity index (χ1n) is 6.24. The molecule has 4 nitrogen and oxygen atoms in total. The van der Waals surface area contributed by atoms with Crippen molar-refractivity contribution in [3.63, 3.8) is 0 Å². The number of unbranched alkanes of at least 4 members (excludes halogenated alkanes) is 2. The lowest BCUT2D eigenvalue weighted by molar-refractivity contribution is 0.281. The van der Waals surface area contributed by atoms with Gasteiger partial charge in [-0.3, -0.25) is 0 Å². The van der Waals surface area contributed by atoms with Crippen LogP contribution in [0.1, 0.15) is 46.5 Å². The Labute approximate surface area is 106 Å². The summed E-state index contributed by atoms with van der Waals surface area (Å²) in [6, 6.07) is 0. The molecule has 0 radical (unpaired) electrons. The summed E-state index contributed by atoms with van der Waals surface area (Å²) in [6.45, 7) is 6.87. The lowest BCUT2D eigenvalue weighted by atomic mass is 9.94. The summed E-state index contributed by atoms with van der Waals surface area (Å²) in [5.41, 5.74) is 0.0464. The molecule has 0 aromatic carbocycles. The molecule has 0 aliphatic heterocycles. The molecule has 0 heterocycles. The smallest absolute Gasteiger partial charge is 0.213 e. The number of rotatable bonds is 8. The van der Waals surface area contributed by atoms with Gasteiger partial charge in [0.1, 0.15) is 0 Å². The van der Waals surface area contributed by atoms with Crippen LogP contribution in [0.5, 0.6) is 0 Å². The number of sulfonamides is 1. The highest BCUT2D eigenvalue weighted by atomic mass is 32.2. The van der Waals surface area contributed by atoms with Crippen molar-refractivity contribution >= 4 is 10.0 Å². The van der Waals surface area contributed by atoms with E-state index in [2.05, 4.69) is 0 Å². The van der Waals surface area contributed by atoms with Crippen molar-refractivity contribution in [3.05, 3.63) is 0 Å². The Morgan fingerprint density at radius 3 is 2.18 bits per heavy atom. The molecule has 104 valence electrons. The maximum atomic E-state index is 11.9. The minimum atomic E-state index is -3.11. The summed E-state index contributed by atoms with van der Waals surface area (Å²) in [7, 11) is -1.47. The van der Waals surface area contributed by atoms with Crippen LogP contribution in [0.4, 0.5) is 0 Å². The minimum Gasteiger partial charge on any atom is -0.396 e. The Morgan fingerprint density at radius 2 is 1.71 bits per heavy atom. The predicted molar refractivity (Wildman–Crippen MR) is 71.4 cm³/mol. The van der Waals surface area contributed by atoms with Crippen LogP contribution < -0.4 is 0 Å². The topological polar surface area (TPSA) is 57.6 Å². The van der Waals surface area contributed by atoms with E-state index in [0.717, 1.165) is 19.3 Å². The summed E-state index contributed by atoms with van der Waals surface area (Å²) in [5.74, 6) is 0.215. The molecule has 17 heavy (non-hydrogen) atoms. The quantitative estimate of drug-likeness (QED) is 0.681. The molecule has 0 rings (SSSR count). The SMILES string of the molecule is CN(CCCCCO)S(=O)(=O)CCC(C)(C)C. The van der Waals surface area contributed by atoms with Gasteiger partial charge >= 0.3 is 0 Å². The van der Waals surface area contributed by atoms with Crippen molar-refractivity contribution in [2.45, 2.75) is 46.5 Å². The number of hydrogen-bond acceptors (Lipinski definition) is 3. The number of aliphatic hydroxyl groups is 1. The van der Waals surface area contributed by atoms with E-state index < -0.39 is 10.0 Å². The first-order chi connectivity index (χ1) is 7.69. The van der Waals surface area contributed by atoms with Gasteiger partial charge in [0.15, 0.2) is 0 Å². The van der Waals surface area contributed by atoms with Gasteiger partial charge in [0.2, 0.25) is 10.0 Å². The lowest BCUT2D eigenvalue weighted by Gasteiger charge is -2.21. The molecule has 0 spiro atoms. The number of aliphatic hydroxyl groups excluding tert-OH is 1. The van der Waals surface area contributed by atoms with Crippen LogP contribution in [0.25, 0.3) is 0 Å². The summed E-state index contributed by atoms with van der Waals surface area (Å²) in [6.07, 6.45) is 3.10. The van der Waals surface area contributed by atoms with E-state index in [9.17, 15) is 8.42 Å². The highest BCUT2D eigenvalue weighted by Crippen LogP contribution is 2.20. The highest BCUT2D eigenvalue weighted by Gasteiger charge is 2.21. The van der Waals surface area contributed by atoms with Crippen molar-refractivity contribution in [1.82, 2.24) is 4.31 Å². The average Bonchev–Trinajstić information content (AvgIpc) is 2.20. The van der Waals surface area contributed by atoms with Gasteiger partial charge in [-0.25, -0.2) is 12.7 Å². The average molecular weight is 265 g/mol. The second-order valence-electron chi connectivity index (χ2n) is 5.73. The zero-order chi connectivity index (χ0) is 13.5. The fourth-order valence-electron chi connectivity index (χ4n) is 1.35. The second-order valence-corrected chi connectivity index (χ2v) is 7.93. The summed E-state index contributed by atoms with van der Waals surface area (Å²) < 4.78 is 25.3. The monoisotopic (exact) mass is 265 g/mol. The molecule has 1 N–H and O–H groups in total. The normalized spacial score (nSPS) is 13.3. The lowest BCUT2D eigenvalue weighted by Crippen LogP contribution is -2.31. The molecule has 0 atom stereocenters. The van der Waals surface area contributed by atoms with E-state index in [4.69, 9.17) is 5.11 Å². The van der Waals surface area contributed by atoms with Crippen molar-refractivity contribution in [2.24, 2.45) is 5.41 Å². The standard InChI is InChI=1S/C12H27NO3S/c1-12(2,3)8-11-17(15,16)13(4)9-6-5-7-10-14/h14H,5-11H2,1-4H3. The fraction of sp³-hybridized carbons (Fsp3) is 1.00. The predicted octanol–water partition coefficient (Wildman–Crippen LogP) is 1.85. The molecule has 0 saturated carbocycles. The van der Waals surface area contributed by atoms with E-state index >= 15 is 0 Å². The molecular formula is C12H27NO3S. The van der Waals surface area contributed by atoms with E-state index in [1.165, 1.54) is 4.31 Å². The molecule has 0 aliphatic carbocycles. The molecule has 0 fully saturated rings. The Kier molecular flexibility index (Phi) is 7.28. The van der Waals surface area contributed by atoms with E-state index in [1.807, 2.05) is 20.8 Å². The second kappa shape index (κ2) is 7.34. The zero-order valence-electron chi connectivity index (χ0n) is 11.6. The van der Waals surface area contributed by atoms with Crippen LogP contribution in [-0.2, 0) is 10.0 Å². The Bertz CT molecular complexity index is 293. The van der Waals surface area contributed by atoms with Crippen LogP contribution in [0, 0.1) is 5.41 Å². The van der Waals surface area contributed by atoms with Crippen LogP contribution in [0.2, 0.25) is 0 Å². The Morgan fingerprint density at radius 1 is 1.12 bits per heavy atom. The minimum absolute atomic E-state index is 0.0464. The van der Waals surface area contributed by atoms with E-state index in [1.54, 1.807) is 7.05 Å². The summed E-state index contributed by atoms with van der Waals surface area (Å²) in [5, 5.41) is 8.63. The molecule has 0 amide bonds. The fourth-order valence-corrected chi connectivity index (χ4v) is 2.94. The maximum Gasteiger partial charge on any atom is 0.213 e. The zero-order valence-corrected chi connectivity index (χ0v) is 12.4. The van der Waals surface area contributed by atoms with Crippen molar-refractivity contribution < 1.29 is 13.5 Å². The van der Waals surface area contributed by atoms with Gasteiger partial charge in [0, 0.05) is 20.2 Å². The van der Waals surface area contributed by atoms with Crippen molar-refractivity contribution in [3.8, 4) is 0 Å². The summed E-state index contributed by atoms with van der Waals surface area (Å²) in [4.78, 5) is 0. The van der Waals surface area contributed by atoms with Gasteiger partial charge in [-0.1, -0.05) is 20.8 Å². The molecule has 5 heteroatoms. The summed E-state index contributed by atoms with van der Waals surface area (Å²) >= 11 is 0. The van der Waals surface area contributed by atoms with Crippen LogP contribution in [0.3, 0.4) is 0 Å². The van der Waals surface area contributed by atoms with Gasteiger partial charge in [-0.05, 0) is 31.1 Å². The molecule has 0 aliphatic rings. The van der Waals surface area contributed by atoms with Gasteiger partial charge in [-0.15, -0.1) is 0 Å². The third kappa shape index (κ3) is 8.57. The number of hydrogen-bond donors (Lipinski definition) is 1. The van der Waals surface area contributed by atoms with Gasteiger partial charge in [-0.2, -0.15) is 0 Å². The van der Waals surface area contributed by atoms with E-state index in [-0.39, 0.29) is 17.8 Å². The van der Waals surface area contributed by atoms with E-state index in [0.29, 0.717) is 13.0 Å². The third-order valence-electron chi connectivity index (χ3n) is 2.72. The largest absolute Gasteiger partial charge is 0.396 e. The van der Waals surface area contributed by atoms with Crippen LogP contribution in [-0.4, -0.2) is 43.8 Å². The Balaban J connectivity index is 4.04.